The first-order chi connectivity index (χ1) is 10.2. The third-order valence-corrected chi connectivity index (χ3v) is 4.88. The minimum atomic E-state index is -4.89. The van der Waals surface area contributed by atoms with Gasteiger partial charge in [0.05, 0.1) is 18.1 Å². The molecular formula is C12H16F2NO6P. The molecule has 0 spiro atoms. The highest BCUT2D eigenvalue weighted by atomic mass is 31.2. The zero-order valence-electron chi connectivity index (χ0n) is 11.9. The van der Waals surface area contributed by atoms with Crippen LogP contribution < -0.4 is 0 Å². The second kappa shape index (κ2) is 7.23. The summed E-state index contributed by atoms with van der Waals surface area (Å²) < 4.78 is 49.8. The van der Waals surface area contributed by atoms with Gasteiger partial charge in [0.15, 0.2) is 6.10 Å². The lowest BCUT2D eigenvalue weighted by molar-refractivity contribution is -0.384. The summed E-state index contributed by atoms with van der Waals surface area (Å²) >= 11 is 0. The lowest BCUT2D eigenvalue weighted by atomic mass is 10.1. The highest BCUT2D eigenvalue weighted by Crippen LogP contribution is 2.66. The molecule has 1 N–H and O–H groups in total. The van der Waals surface area contributed by atoms with Crippen molar-refractivity contribution in [3.63, 3.8) is 0 Å². The number of aliphatic hydroxyl groups is 1. The van der Waals surface area contributed by atoms with E-state index in [4.69, 9.17) is 0 Å². The van der Waals surface area contributed by atoms with Crippen molar-refractivity contribution in [1.82, 2.24) is 0 Å². The van der Waals surface area contributed by atoms with Gasteiger partial charge in [0.2, 0.25) is 0 Å². The average molecular weight is 339 g/mol. The van der Waals surface area contributed by atoms with Gasteiger partial charge in [0.1, 0.15) is 0 Å². The van der Waals surface area contributed by atoms with Crippen LogP contribution in [0, 0.1) is 10.1 Å². The van der Waals surface area contributed by atoms with Crippen molar-refractivity contribution in [2.24, 2.45) is 0 Å². The molecule has 0 aliphatic rings. The number of alkyl halides is 2. The van der Waals surface area contributed by atoms with E-state index in [0.29, 0.717) is 0 Å². The highest BCUT2D eigenvalue weighted by Gasteiger charge is 2.59. The van der Waals surface area contributed by atoms with E-state index in [1.165, 1.54) is 13.8 Å². The predicted molar refractivity (Wildman–Crippen MR) is 73.9 cm³/mol. The Hall–Kier alpha value is -1.41. The van der Waals surface area contributed by atoms with Crippen molar-refractivity contribution < 1.29 is 32.4 Å². The Morgan fingerprint density at radius 2 is 1.73 bits per heavy atom. The summed E-state index contributed by atoms with van der Waals surface area (Å²) in [6.07, 6.45) is -2.49. The zero-order chi connectivity index (χ0) is 17.0. The Labute approximate surface area is 125 Å². The van der Waals surface area contributed by atoms with Crippen LogP contribution in [-0.4, -0.2) is 28.9 Å². The van der Waals surface area contributed by atoms with Crippen molar-refractivity contribution in [3.05, 3.63) is 39.9 Å². The molecule has 0 bridgehead atoms. The van der Waals surface area contributed by atoms with Crippen LogP contribution in [0.15, 0.2) is 24.3 Å². The second-order valence-corrected chi connectivity index (χ2v) is 6.28. The molecular weight excluding hydrogens is 323 g/mol. The molecule has 0 heterocycles. The molecule has 124 valence electrons. The van der Waals surface area contributed by atoms with Crippen LogP contribution in [0.5, 0.6) is 0 Å². The monoisotopic (exact) mass is 339 g/mol. The molecule has 0 saturated heterocycles. The van der Waals surface area contributed by atoms with E-state index in [-0.39, 0.29) is 24.5 Å². The number of nitro benzene ring substituents is 1. The summed E-state index contributed by atoms with van der Waals surface area (Å²) in [4.78, 5) is 9.81. The first-order valence-corrected chi connectivity index (χ1v) is 7.93. The molecule has 0 unspecified atom stereocenters. The van der Waals surface area contributed by atoms with Crippen LogP contribution in [0.2, 0.25) is 0 Å². The lowest BCUT2D eigenvalue weighted by Gasteiger charge is -2.29. The lowest BCUT2D eigenvalue weighted by Crippen LogP contribution is -2.28. The molecule has 0 radical (unpaired) electrons. The minimum absolute atomic E-state index is 0.292. The van der Waals surface area contributed by atoms with Gasteiger partial charge in [-0.2, -0.15) is 8.78 Å². The maximum absolute atomic E-state index is 14.3. The molecule has 0 saturated carbocycles. The van der Waals surface area contributed by atoms with Crippen LogP contribution in [0.3, 0.4) is 0 Å². The maximum atomic E-state index is 14.3. The third-order valence-electron chi connectivity index (χ3n) is 2.71. The van der Waals surface area contributed by atoms with Gasteiger partial charge in [-0.25, -0.2) is 0 Å². The molecule has 0 fully saturated rings. The topological polar surface area (TPSA) is 98.9 Å². The Balaban J connectivity index is 3.13. The van der Waals surface area contributed by atoms with Gasteiger partial charge < -0.3 is 14.2 Å². The molecule has 1 atom stereocenters. The van der Waals surface area contributed by atoms with Gasteiger partial charge in [0.25, 0.3) is 5.69 Å². The van der Waals surface area contributed by atoms with Gasteiger partial charge in [-0.3, -0.25) is 14.7 Å². The van der Waals surface area contributed by atoms with Crippen molar-refractivity contribution in [2.75, 3.05) is 13.2 Å². The molecule has 0 aromatic heterocycles. The standard InChI is InChI=1S/C12H16F2NO6P/c1-3-20-22(19,21-4-2)12(13,14)11(16)9-5-7-10(8-6-9)15(17)18/h5-8,11,16H,3-4H2,1-2H3/t11-/m1/s1. The van der Waals surface area contributed by atoms with E-state index in [1.54, 1.807) is 0 Å². The van der Waals surface area contributed by atoms with Crippen LogP contribution in [0.1, 0.15) is 25.5 Å². The predicted octanol–water partition coefficient (Wildman–Crippen LogP) is 3.49. The van der Waals surface area contributed by atoms with Crippen LogP contribution in [0.4, 0.5) is 14.5 Å². The van der Waals surface area contributed by atoms with E-state index in [0.717, 1.165) is 24.3 Å². The van der Waals surface area contributed by atoms with Gasteiger partial charge in [0, 0.05) is 12.1 Å². The number of nitrogens with zero attached hydrogens (tertiary/aromatic N) is 1. The zero-order valence-corrected chi connectivity index (χ0v) is 12.8. The summed E-state index contributed by atoms with van der Waals surface area (Å²) in [5.41, 5.74) is -4.86. The van der Waals surface area contributed by atoms with E-state index < -0.39 is 24.3 Å². The normalized spacial score (nSPS) is 13.9. The summed E-state index contributed by atoms with van der Waals surface area (Å²) in [5.74, 6) is 0. The number of hydrogen-bond donors (Lipinski definition) is 1. The van der Waals surface area contributed by atoms with Crippen molar-refractivity contribution in [3.8, 4) is 0 Å². The first kappa shape index (κ1) is 18.6. The molecule has 1 aromatic rings. The number of non-ortho nitro benzene ring substituents is 1. The molecule has 0 aliphatic heterocycles. The number of rotatable bonds is 8. The number of nitro groups is 1. The van der Waals surface area contributed by atoms with Crippen LogP contribution >= 0.6 is 7.60 Å². The molecule has 7 nitrogen and oxygen atoms in total. The summed E-state index contributed by atoms with van der Waals surface area (Å²) in [7, 11) is -4.89. The first-order valence-electron chi connectivity index (χ1n) is 6.39. The van der Waals surface area contributed by atoms with Crippen molar-refractivity contribution >= 4 is 13.3 Å². The SMILES string of the molecule is CCOP(=O)(OCC)C(F)(F)[C@H](O)c1ccc([N+](=O)[O-])cc1. The quantitative estimate of drug-likeness (QED) is 0.442. The second-order valence-electron chi connectivity index (χ2n) is 4.17. The number of aliphatic hydroxyl groups excluding tert-OH is 1. The average Bonchev–Trinajstić information content (AvgIpc) is 2.46. The van der Waals surface area contributed by atoms with Crippen molar-refractivity contribution in [2.45, 2.75) is 25.6 Å². The van der Waals surface area contributed by atoms with Gasteiger partial charge in [-0.15, -0.1) is 0 Å². The van der Waals surface area contributed by atoms with E-state index in [1.807, 2.05) is 0 Å². The fourth-order valence-corrected chi connectivity index (χ4v) is 3.23. The van der Waals surface area contributed by atoms with E-state index in [2.05, 4.69) is 9.05 Å². The maximum Gasteiger partial charge on any atom is 0.402 e. The van der Waals surface area contributed by atoms with E-state index >= 15 is 0 Å². The third kappa shape index (κ3) is 3.67. The molecule has 10 heteroatoms. The van der Waals surface area contributed by atoms with Gasteiger partial charge in [-0.05, 0) is 31.5 Å². The molecule has 22 heavy (non-hydrogen) atoms. The number of halogens is 2. The largest absolute Gasteiger partial charge is 0.402 e. The van der Waals surface area contributed by atoms with E-state index in [9.17, 15) is 28.6 Å². The molecule has 0 aliphatic carbocycles. The summed E-state index contributed by atoms with van der Waals surface area (Å²) in [5, 5.41) is 20.3. The van der Waals surface area contributed by atoms with Gasteiger partial charge in [-0.1, -0.05) is 0 Å². The smallest absolute Gasteiger partial charge is 0.381 e. The Kier molecular flexibility index (Phi) is 6.13. The summed E-state index contributed by atoms with van der Waals surface area (Å²) in [6.45, 7) is 2.14. The molecule has 1 aromatic carbocycles. The Bertz CT molecular complexity index is 555. The van der Waals surface area contributed by atoms with Crippen LogP contribution in [-0.2, 0) is 13.6 Å². The molecule has 1 rings (SSSR count). The highest BCUT2D eigenvalue weighted by molar-refractivity contribution is 7.55. The Morgan fingerprint density at radius 3 is 2.09 bits per heavy atom. The summed E-state index contributed by atoms with van der Waals surface area (Å²) in [6, 6.07) is 3.83. The number of hydrogen-bond acceptors (Lipinski definition) is 6. The minimum Gasteiger partial charge on any atom is -0.381 e. The Morgan fingerprint density at radius 1 is 1.27 bits per heavy atom. The van der Waals surface area contributed by atoms with Crippen LogP contribution in [0.25, 0.3) is 0 Å². The fraction of sp³-hybridized carbons (Fsp3) is 0.500. The fourth-order valence-electron chi connectivity index (χ4n) is 1.68. The molecule has 0 amide bonds. The van der Waals surface area contributed by atoms with Gasteiger partial charge >= 0.3 is 13.3 Å². The number of benzene rings is 1. The van der Waals surface area contributed by atoms with Crippen molar-refractivity contribution in [1.29, 1.82) is 0 Å².